The van der Waals surface area contributed by atoms with E-state index in [4.69, 9.17) is 21.1 Å². The molecule has 3 rings (SSSR count). The molecule has 0 fully saturated rings. The first kappa shape index (κ1) is 18.4. The normalized spacial score (nSPS) is 10.7. The quantitative estimate of drug-likeness (QED) is 0.650. The van der Waals surface area contributed by atoms with E-state index < -0.39 is 0 Å². The number of anilines is 1. The van der Waals surface area contributed by atoms with Crippen LogP contribution in [0.2, 0.25) is 5.02 Å². The molecule has 0 aliphatic carbocycles. The number of benzene rings is 1. The predicted molar refractivity (Wildman–Crippen MR) is 102 cm³/mol. The first-order valence-corrected chi connectivity index (χ1v) is 9.10. The van der Waals surface area contributed by atoms with Crippen molar-refractivity contribution in [1.82, 2.24) is 9.78 Å². The molecule has 1 aromatic carbocycles. The summed E-state index contributed by atoms with van der Waals surface area (Å²) < 4.78 is 12.4. The largest absolute Gasteiger partial charge is 0.489 e. The lowest BCUT2D eigenvalue weighted by molar-refractivity contribution is 0.103. The second-order valence-corrected chi connectivity index (χ2v) is 7.01. The van der Waals surface area contributed by atoms with Crippen LogP contribution >= 0.6 is 22.9 Å². The van der Waals surface area contributed by atoms with Gasteiger partial charge in [-0.05, 0) is 42.1 Å². The molecule has 0 spiro atoms. The number of carbonyl (C=O) groups excluding carboxylic acids is 1. The number of nitrogens with one attached hydrogen (secondary N) is 1. The van der Waals surface area contributed by atoms with Gasteiger partial charge in [-0.25, -0.2) is 4.68 Å². The molecule has 0 radical (unpaired) electrons. The number of amides is 1. The minimum absolute atomic E-state index is 0.180. The van der Waals surface area contributed by atoms with Crippen LogP contribution in [0.1, 0.15) is 20.8 Å². The van der Waals surface area contributed by atoms with Gasteiger partial charge in [0.25, 0.3) is 5.91 Å². The molecule has 8 heteroatoms. The Morgan fingerprint density at radius 3 is 3.00 bits per heavy atom. The second kappa shape index (κ2) is 8.35. The Morgan fingerprint density at radius 2 is 2.23 bits per heavy atom. The number of hydrogen-bond acceptors (Lipinski definition) is 5. The number of rotatable bonds is 7. The molecular formula is C18H18ClN3O3S. The van der Waals surface area contributed by atoms with Crippen molar-refractivity contribution in [2.75, 3.05) is 12.4 Å². The lowest BCUT2D eigenvalue weighted by Crippen LogP contribution is -2.09. The molecule has 6 nitrogen and oxygen atoms in total. The number of thiophene rings is 1. The van der Waals surface area contributed by atoms with Crippen LogP contribution in [0.15, 0.2) is 42.0 Å². The van der Waals surface area contributed by atoms with Crippen LogP contribution in [0.25, 0.3) is 0 Å². The van der Waals surface area contributed by atoms with Crippen molar-refractivity contribution in [2.45, 2.75) is 20.3 Å². The van der Waals surface area contributed by atoms with Gasteiger partial charge in [0.15, 0.2) is 0 Å². The zero-order chi connectivity index (χ0) is 18.5. The van der Waals surface area contributed by atoms with E-state index in [1.165, 1.54) is 11.3 Å². The van der Waals surface area contributed by atoms with E-state index in [9.17, 15) is 4.79 Å². The highest BCUT2D eigenvalue weighted by atomic mass is 35.5. The molecular weight excluding hydrogens is 374 g/mol. The van der Waals surface area contributed by atoms with E-state index in [2.05, 4.69) is 10.4 Å². The third kappa shape index (κ3) is 4.63. The molecule has 0 aliphatic heterocycles. The lowest BCUT2D eigenvalue weighted by Gasteiger charge is -2.08. The number of aryl methyl sites for hydroxylation is 1. The maximum atomic E-state index is 12.3. The van der Waals surface area contributed by atoms with Crippen molar-refractivity contribution in [3.05, 3.63) is 63.1 Å². The summed E-state index contributed by atoms with van der Waals surface area (Å²) >= 11 is 7.32. The zero-order valence-corrected chi connectivity index (χ0v) is 15.9. The zero-order valence-electron chi connectivity index (χ0n) is 14.4. The molecule has 2 heterocycles. The van der Waals surface area contributed by atoms with Gasteiger partial charge in [0, 0.05) is 17.7 Å². The Balaban J connectivity index is 1.58. The Hall–Kier alpha value is -2.35. The molecule has 0 unspecified atom stereocenters. The van der Waals surface area contributed by atoms with Crippen LogP contribution < -0.4 is 10.1 Å². The van der Waals surface area contributed by atoms with Gasteiger partial charge in [-0.1, -0.05) is 11.6 Å². The SMILES string of the molecule is COCn1cc(NC(=O)c2cc(COc3ccc(Cl)cc3C)cs2)cn1. The number of carbonyl (C=O) groups is 1. The summed E-state index contributed by atoms with van der Waals surface area (Å²) in [6.45, 7) is 2.66. The summed E-state index contributed by atoms with van der Waals surface area (Å²) in [4.78, 5) is 12.9. The van der Waals surface area contributed by atoms with Crippen LogP contribution in [0, 0.1) is 6.92 Å². The predicted octanol–water partition coefficient (Wildman–Crippen LogP) is 4.34. The summed E-state index contributed by atoms with van der Waals surface area (Å²) in [5.41, 5.74) is 2.53. The van der Waals surface area contributed by atoms with Crippen LogP contribution in [-0.2, 0) is 18.1 Å². The van der Waals surface area contributed by atoms with Crippen LogP contribution in [0.3, 0.4) is 0 Å². The van der Waals surface area contributed by atoms with Crippen LogP contribution in [0.4, 0.5) is 5.69 Å². The molecule has 0 saturated carbocycles. The molecule has 0 aliphatic rings. The average Bonchev–Trinajstić information content (AvgIpc) is 3.24. The maximum absolute atomic E-state index is 12.3. The first-order valence-electron chi connectivity index (χ1n) is 7.84. The third-order valence-electron chi connectivity index (χ3n) is 3.56. The first-order chi connectivity index (χ1) is 12.5. The van der Waals surface area contributed by atoms with Crippen LogP contribution in [0.5, 0.6) is 5.75 Å². The number of aromatic nitrogens is 2. The molecule has 26 heavy (non-hydrogen) atoms. The van der Waals surface area contributed by atoms with Crippen molar-refractivity contribution < 1.29 is 14.3 Å². The summed E-state index contributed by atoms with van der Waals surface area (Å²) in [6, 6.07) is 7.31. The Morgan fingerprint density at radius 1 is 1.38 bits per heavy atom. The van der Waals surface area contributed by atoms with E-state index in [0.29, 0.717) is 28.9 Å². The van der Waals surface area contributed by atoms with Gasteiger partial charge in [0.05, 0.1) is 23.0 Å². The second-order valence-electron chi connectivity index (χ2n) is 5.66. The van der Waals surface area contributed by atoms with Crippen molar-refractivity contribution in [3.8, 4) is 5.75 Å². The fourth-order valence-corrected chi connectivity index (χ4v) is 3.35. The fourth-order valence-electron chi connectivity index (χ4n) is 2.33. The number of ether oxygens (including phenoxy) is 2. The minimum atomic E-state index is -0.180. The Labute approximate surface area is 160 Å². The van der Waals surface area contributed by atoms with Gasteiger partial charge in [0.2, 0.25) is 0 Å². The summed E-state index contributed by atoms with van der Waals surface area (Å²) in [5.74, 6) is 0.595. The monoisotopic (exact) mass is 391 g/mol. The van der Waals surface area contributed by atoms with E-state index in [1.807, 2.05) is 30.5 Å². The number of halogens is 1. The van der Waals surface area contributed by atoms with Crippen molar-refractivity contribution >= 4 is 34.5 Å². The fraction of sp³-hybridized carbons (Fsp3) is 0.222. The smallest absolute Gasteiger partial charge is 0.265 e. The van der Waals surface area contributed by atoms with Crippen LogP contribution in [-0.4, -0.2) is 22.8 Å². The Kier molecular flexibility index (Phi) is 5.92. The van der Waals surface area contributed by atoms with Crippen molar-refractivity contribution in [1.29, 1.82) is 0 Å². The maximum Gasteiger partial charge on any atom is 0.265 e. The molecule has 1 N–H and O–H groups in total. The van der Waals surface area contributed by atoms with Crippen molar-refractivity contribution in [2.24, 2.45) is 0 Å². The van der Waals surface area contributed by atoms with E-state index in [-0.39, 0.29) is 5.91 Å². The molecule has 136 valence electrons. The highest BCUT2D eigenvalue weighted by Gasteiger charge is 2.11. The topological polar surface area (TPSA) is 65.4 Å². The highest BCUT2D eigenvalue weighted by Crippen LogP contribution is 2.24. The van der Waals surface area contributed by atoms with E-state index >= 15 is 0 Å². The average molecular weight is 392 g/mol. The standard InChI is InChI=1S/C18H18ClN3O3S/c1-12-5-14(19)3-4-16(12)25-9-13-6-17(26-10-13)18(23)21-15-7-20-22(8-15)11-24-2/h3-8,10H,9,11H2,1-2H3,(H,21,23). The van der Waals surface area contributed by atoms with E-state index in [0.717, 1.165) is 16.9 Å². The van der Waals surface area contributed by atoms with E-state index in [1.54, 1.807) is 30.3 Å². The van der Waals surface area contributed by atoms with Gasteiger partial charge in [-0.2, -0.15) is 5.10 Å². The summed E-state index contributed by atoms with van der Waals surface area (Å²) in [6.07, 6.45) is 3.29. The third-order valence-corrected chi connectivity index (χ3v) is 4.77. The number of hydrogen-bond donors (Lipinski definition) is 1. The summed E-state index contributed by atoms with van der Waals surface area (Å²) in [7, 11) is 1.58. The molecule has 2 aromatic heterocycles. The molecule has 0 saturated heterocycles. The van der Waals surface area contributed by atoms with Gasteiger partial charge in [-0.3, -0.25) is 4.79 Å². The molecule has 0 atom stereocenters. The van der Waals surface area contributed by atoms with Gasteiger partial charge >= 0.3 is 0 Å². The summed E-state index contributed by atoms with van der Waals surface area (Å²) in [5, 5.41) is 9.49. The highest BCUT2D eigenvalue weighted by molar-refractivity contribution is 7.12. The van der Waals surface area contributed by atoms with Gasteiger partial charge in [0.1, 0.15) is 19.1 Å². The lowest BCUT2D eigenvalue weighted by atomic mass is 10.2. The Bertz CT molecular complexity index is 907. The number of nitrogens with zero attached hydrogens (tertiary/aromatic N) is 2. The molecule has 0 bridgehead atoms. The van der Waals surface area contributed by atoms with Gasteiger partial charge < -0.3 is 14.8 Å². The van der Waals surface area contributed by atoms with Gasteiger partial charge in [-0.15, -0.1) is 11.3 Å². The number of methoxy groups -OCH3 is 1. The molecule has 1 amide bonds. The molecule has 3 aromatic rings. The minimum Gasteiger partial charge on any atom is -0.489 e. The van der Waals surface area contributed by atoms with Crippen molar-refractivity contribution in [3.63, 3.8) is 0 Å².